The molecular formula is C24H33ClN4OS. The number of halogens is 1. The maximum absolute atomic E-state index is 13.5. The SMILES string of the molecule is CCN(CC)c1ccc(C(=O)N(CCN(C)C)c2nc3cc(C)cc(C)c3s2)cc1.Cl. The molecule has 1 aromatic heterocycles. The lowest BCUT2D eigenvalue weighted by Crippen LogP contribution is -2.36. The Kier molecular flexibility index (Phi) is 8.86. The Labute approximate surface area is 196 Å². The summed E-state index contributed by atoms with van der Waals surface area (Å²) in [4.78, 5) is 24.5. The van der Waals surface area contributed by atoms with Gasteiger partial charge in [0, 0.05) is 37.4 Å². The van der Waals surface area contributed by atoms with Crippen LogP contribution in [0.1, 0.15) is 35.3 Å². The van der Waals surface area contributed by atoms with Crippen LogP contribution in [0.25, 0.3) is 10.2 Å². The highest BCUT2D eigenvalue weighted by Gasteiger charge is 2.22. The maximum Gasteiger partial charge on any atom is 0.260 e. The zero-order chi connectivity index (χ0) is 21.8. The molecule has 168 valence electrons. The number of nitrogens with zero attached hydrogens (tertiary/aromatic N) is 4. The lowest BCUT2D eigenvalue weighted by atomic mass is 10.1. The van der Waals surface area contributed by atoms with Crippen LogP contribution in [-0.2, 0) is 0 Å². The highest BCUT2D eigenvalue weighted by atomic mass is 35.5. The third-order valence-corrected chi connectivity index (χ3v) is 6.53. The van der Waals surface area contributed by atoms with Crippen molar-refractivity contribution in [1.82, 2.24) is 9.88 Å². The Morgan fingerprint density at radius 2 is 1.65 bits per heavy atom. The summed E-state index contributed by atoms with van der Waals surface area (Å²) in [6.07, 6.45) is 0. The van der Waals surface area contributed by atoms with E-state index in [1.807, 2.05) is 43.3 Å². The number of anilines is 2. The van der Waals surface area contributed by atoms with Crippen molar-refractivity contribution in [3.8, 4) is 0 Å². The van der Waals surface area contributed by atoms with Crippen LogP contribution in [0.15, 0.2) is 36.4 Å². The summed E-state index contributed by atoms with van der Waals surface area (Å²) < 4.78 is 1.15. The van der Waals surface area contributed by atoms with Gasteiger partial charge in [-0.2, -0.15) is 0 Å². The highest BCUT2D eigenvalue weighted by molar-refractivity contribution is 7.22. The smallest absolute Gasteiger partial charge is 0.260 e. The molecule has 7 heteroatoms. The fraction of sp³-hybridized carbons (Fsp3) is 0.417. The summed E-state index contributed by atoms with van der Waals surface area (Å²) >= 11 is 1.60. The van der Waals surface area contributed by atoms with Gasteiger partial charge in [-0.05, 0) is 83.2 Å². The van der Waals surface area contributed by atoms with Gasteiger partial charge < -0.3 is 9.80 Å². The molecule has 0 aliphatic heterocycles. The van der Waals surface area contributed by atoms with Gasteiger partial charge >= 0.3 is 0 Å². The molecular weight excluding hydrogens is 428 g/mol. The minimum Gasteiger partial charge on any atom is -0.372 e. The Morgan fingerprint density at radius 1 is 1.00 bits per heavy atom. The number of carbonyl (C=O) groups is 1. The molecule has 0 aliphatic rings. The number of hydrogen-bond donors (Lipinski definition) is 0. The molecule has 0 spiro atoms. The van der Waals surface area contributed by atoms with E-state index < -0.39 is 0 Å². The number of rotatable bonds is 8. The Hall–Kier alpha value is -2.15. The van der Waals surface area contributed by atoms with Crippen molar-refractivity contribution in [2.45, 2.75) is 27.7 Å². The number of aryl methyl sites for hydroxylation is 2. The summed E-state index contributed by atoms with van der Waals surface area (Å²) in [5.41, 5.74) is 5.19. The Morgan fingerprint density at radius 3 is 2.23 bits per heavy atom. The van der Waals surface area contributed by atoms with Gasteiger partial charge in [0.2, 0.25) is 0 Å². The second-order valence-electron chi connectivity index (χ2n) is 7.91. The number of hydrogen-bond acceptors (Lipinski definition) is 5. The van der Waals surface area contributed by atoms with Crippen LogP contribution < -0.4 is 9.80 Å². The van der Waals surface area contributed by atoms with Crippen molar-refractivity contribution in [3.63, 3.8) is 0 Å². The van der Waals surface area contributed by atoms with Gasteiger partial charge in [-0.25, -0.2) is 4.98 Å². The van der Waals surface area contributed by atoms with Crippen molar-refractivity contribution in [2.24, 2.45) is 0 Å². The van der Waals surface area contributed by atoms with Gasteiger partial charge in [-0.3, -0.25) is 9.69 Å². The number of fused-ring (bicyclic) bond motifs is 1. The molecule has 0 saturated heterocycles. The third kappa shape index (κ3) is 5.76. The second-order valence-corrected chi connectivity index (χ2v) is 8.88. The number of thiazole rings is 1. The van der Waals surface area contributed by atoms with Crippen molar-refractivity contribution < 1.29 is 4.79 Å². The number of likely N-dealkylation sites (N-methyl/N-ethyl adjacent to an activating group) is 1. The van der Waals surface area contributed by atoms with Gasteiger partial charge in [0.1, 0.15) is 0 Å². The molecule has 2 aromatic carbocycles. The van der Waals surface area contributed by atoms with Gasteiger partial charge in [0.25, 0.3) is 5.91 Å². The van der Waals surface area contributed by atoms with E-state index in [9.17, 15) is 4.79 Å². The first-order valence-corrected chi connectivity index (χ1v) is 11.3. The number of aromatic nitrogens is 1. The van der Waals surface area contributed by atoms with Crippen LogP contribution in [0.2, 0.25) is 0 Å². The zero-order valence-corrected chi connectivity index (χ0v) is 20.9. The lowest BCUT2D eigenvalue weighted by Gasteiger charge is -2.23. The minimum absolute atomic E-state index is 0. The molecule has 1 amide bonds. The van der Waals surface area contributed by atoms with Crippen LogP contribution in [0.5, 0.6) is 0 Å². The number of carbonyl (C=O) groups excluding carboxylic acids is 1. The normalized spacial score (nSPS) is 10.9. The molecule has 0 radical (unpaired) electrons. The van der Waals surface area contributed by atoms with E-state index >= 15 is 0 Å². The molecule has 0 atom stereocenters. The molecule has 0 N–H and O–H groups in total. The highest BCUT2D eigenvalue weighted by Crippen LogP contribution is 2.33. The van der Waals surface area contributed by atoms with Crippen LogP contribution in [0, 0.1) is 13.8 Å². The van der Waals surface area contributed by atoms with Gasteiger partial charge in [0.05, 0.1) is 10.2 Å². The fourth-order valence-electron chi connectivity index (χ4n) is 3.62. The van der Waals surface area contributed by atoms with Gasteiger partial charge in [-0.15, -0.1) is 12.4 Å². The van der Waals surface area contributed by atoms with Crippen LogP contribution in [0.3, 0.4) is 0 Å². The largest absolute Gasteiger partial charge is 0.372 e. The van der Waals surface area contributed by atoms with Crippen LogP contribution >= 0.6 is 23.7 Å². The zero-order valence-electron chi connectivity index (χ0n) is 19.3. The molecule has 0 saturated carbocycles. The molecule has 0 unspecified atom stereocenters. The van der Waals surface area contributed by atoms with Crippen molar-refractivity contribution in [2.75, 3.05) is 50.1 Å². The molecule has 0 aliphatic carbocycles. The van der Waals surface area contributed by atoms with E-state index in [0.29, 0.717) is 12.1 Å². The van der Waals surface area contributed by atoms with Crippen molar-refractivity contribution >= 4 is 50.7 Å². The summed E-state index contributed by atoms with van der Waals surface area (Å²) in [5.74, 6) is -0.00335. The van der Waals surface area contributed by atoms with E-state index in [0.717, 1.165) is 40.7 Å². The van der Waals surface area contributed by atoms with Gasteiger partial charge in [0.15, 0.2) is 5.13 Å². The molecule has 0 bridgehead atoms. The molecule has 5 nitrogen and oxygen atoms in total. The van der Waals surface area contributed by atoms with Crippen molar-refractivity contribution in [3.05, 3.63) is 53.1 Å². The summed E-state index contributed by atoms with van der Waals surface area (Å²) in [6, 6.07) is 12.2. The fourth-order valence-corrected chi connectivity index (χ4v) is 4.66. The van der Waals surface area contributed by atoms with Crippen LogP contribution in [0.4, 0.5) is 10.8 Å². The van der Waals surface area contributed by atoms with Crippen LogP contribution in [-0.4, -0.2) is 56.1 Å². The number of benzene rings is 2. The molecule has 0 fully saturated rings. The quantitative estimate of drug-likeness (QED) is 0.451. The number of amides is 1. The average molecular weight is 461 g/mol. The topological polar surface area (TPSA) is 39.7 Å². The predicted octanol–water partition coefficient (Wildman–Crippen LogP) is 5.39. The Bertz CT molecular complexity index is 1010. The van der Waals surface area contributed by atoms with E-state index in [-0.39, 0.29) is 18.3 Å². The minimum atomic E-state index is -0.00335. The monoisotopic (exact) mass is 460 g/mol. The summed E-state index contributed by atoms with van der Waals surface area (Å²) in [7, 11) is 4.04. The summed E-state index contributed by atoms with van der Waals surface area (Å²) in [5, 5.41) is 0.762. The van der Waals surface area contributed by atoms with Crippen molar-refractivity contribution in [1.29, 1.82) is 0 Å². The first kappa shape index (κ1) is 25.1. The first-order valence-electron chi connectivity index (χ1n) is 10.5. The Balaban J connectivity index is 0.00000341. The van der Waals surface area contributed by atoms with E-state index in [2.05, 4.69) is 49.6 Å². The second kappa shape index (κ2) is 10.9. The molecule has 3 aromatic rings. The molecule has 1 heterocycles. The van der Waals surface area contributed by atoms with Gasteiger partial charge in [-0.1, -0.05) is 17.4 Å². The van der Waals surface area contributed by atoms with E-state index in [1.54, 1.807) is 11.3 Å². The molecule has 3 rings (SSSR count). The predicted molar refractivity (Wildman–Crippen MR) is 137 cm³/mol. The summed E-state index contributed by atoms with van der Waals surface area (Å²) in [6.45, 7) is 11.7. The maximum atomic E-state index is 13.5. The van der Waals surface area contributed by atoms with E-state index in [4.69, 9.17) is 4.98 Å². The first-order chi connectivity index (χ1) is 14.3. The standard InChI is InChI=1S/C24H32N4OS.ClH/c1-7-27(8-2)20-11-9-19(10-12-20)23(29)28(14-13-26(5)6)24-25-21-16-17(3)15-18(4)22(21)30-24;/h9-12,15-16H,7-8,13-14H2,1-6H3;1H. The average Bonchev–Trinajstić information content (AvgIpc) is 3.13. The third-order valence-electron chi connectivity index (χ3n) is 5.30. The molecule has 31 heavy (non-hydrogen) atoms. The lowest BCUT2D eigenvalue weighted by molar-refractivity contribution is 0.0985. The van der Waals surface area contributed by atoms with E-state index in [1.165, 1.54) is 11.1 Å².